The summed E-state index contributed by atoms with van der Waals surface area (Å²) in [6.07, 6.45) is -3.46. The number of halogens is 6. The van der Waals surface area contributed by atoms with E-state index in [0.717, 1.165) is 12.1 Å². The molecule has 2 heterocycles. The van der Waals surface area contributed by atoms with Gasteiger partial charge in [-0.15, -0.1) is 0 Å². The molecule has 36 heavy (non-hydrogen) atoms. The third-order valence-electron chi connectivity index (χ3n) is 5.98. The van der Waals surface area contributed by atoms with E-state index in [-0.39, 0.29) is 57.6 Å². The lowest BCUT2D eigenvalue weighted by Gasteiger charge is -2.33. The van der Waals surface area contributed by atoms with Gasteiger partial charge in [0.1, 0.15) is 12.4 Å². The van der Waals surface area contributed by atoms with Gasteiger partial charge in [0.15, 0.2) is 5.69 Å². The van der Waals surface area contributed by atoms with Crippen LogP contribution in [0.2, 0.25) is 10.0 Å². The lowest BCUT2D eigenvalue weighted by Crippen LogP contribution is -2.41. The summed E-state index contributed by atoms with van der Waals surface area (Å²) in [6, 6.07) is 6.34. The molecule has 0 bridgehead atoms. The normalized spacial score (nSPS) is 18.0. The summed E-state index contributed by atoms with van der Waals surface area (Å²) in [5, 5.41) is 6.87. The number of carbonyl (C=O) groups is 2. The van der Waals surface area contributed by atoms with Crippen molar-refractivity contribution in [3.8, 4) is 0 Å². The number of aromatic nitrogens is 2. The van der Waals surface area contributed by atoms with Gasteiger partial charge in [-0.05, 0) is 42.8 Å². The van der Waals surface area contributed by atoms with E-state index < -0.39 is 35.7 Å². The van der Waals surface area contributed by atoms with Crippen LogP contribution in [0.3, 0.4) is 0 Å². The number of nitrogens with zero attached hydrogens (tertiary/aromatic N) is 3. The molecule has 1 fully saturated rings. The number of nitrogens with one attached hydrogen (secondary N) is 1. The molecule has 3 aromatic rings. The third-order valence-corrected chi connectivity index (χ3v) is 6.78. The zero-order chi connectivity index (χ0) is 26.4. The molecule has 0 radical (unpaired) electrons. The van der Waals surface area contributed by atoms with Crippen molar-refractivity contribution >= 4 is 51.6 Å². The number of benzene rings is 2. The summed E-state index contributed by atoms with van der Waals surface area (Å²) in [5.74, 6) is -2.04. The van der Waals surface area contributed by atoms with E-state index in [1.54, 1.807) is 0 Å². The number of carbonyl (C=O) groups excluding carboxylic acids is 2. The van der Waals surface area contributed by atoms with Crippen molar-refractivity contribution in [3.05, 3.63) is 70.1 Å². The van der Waals surface area contributed by atoms with Crippen LogP contribution in [-0.4, -0.2) is 39.6 Å². The van der Waals surface area contributed by atoms with Crippen molar-refractivity contribution < 1.29 is 27.2 Å². The number of anilines is 1. The molecule has 0 saturated carbocycles. The SMILES string of the molecule is C=CC(=O)N1CC[C@@](Nc2ccc3c(C(F)(F)F)n(CC(N)=O)nc3c2)(c2c(F)ccc(Cl)c2Cl)C1. The fourth-order valence-electron chi connectivity index (χ4n) is 4.51. The highest BCUT2D eigenvalue weighted by molar-refractivity contribution is 6.42. The quantitative estimate of drug-likeness (QED) is 0.267. The molecular weight excluding hydrogens is 525 g/mol. The van der Waals surface area contributed by atoms with E-state index in [1.165, 1.54) is 29.2 Å². The number of nitrogens with two attached hydrogens (primary N) is 1. The zero-order valence-electron chi connectivity index (χ0n) is 18.5. The standard InChI is InChI=1S/C23H19Cl2F4N5O2/c1-2-18(36)33-8-7-22(11-33,19-15(26)6-5-14(24)20(19)25)31-12-3-4-13-16(9-12)32-34(10-17(30)35)21(13)23(27,28)29/h2-6,9,31H,1,7-8,10-11H2,(H2,30,35)/t22-/m0/s1. The van der Waals surface area contributed by atoms with Crippen molar-refractivity contribution in [3.63, 3.8) is 0 Å². The Hall–Kier alpha value is -3.31. The van der Waals surface area contributed by atoms with E-state index in [2.05, 4.69) is 17.0 Å². The first kappa shape index (κ1) is 25.8. The predicted molar refractivity (Wildman–Crippen MR) is 127 cm³/mol. The summed E-state index contributed by atoms with van der Waals surface area (Å²) in [5.41, 5.74) is 2.94. The number of rotatable bonds is 6. The fourth-order valence-corrected chi connectivity index (χ4v) is 5.00. The highest BCUT2D eigenvalue weighted by Gasteiger charge is 2.45. The molecule has 4 rings (SSSR count). The van der Waals surface area contributed by atoms with Gasteiger partial charge in [-0.3, -0.25) is 9.59 Å². The van der Waals surface area contributed by atoms with Crippen LogP contribution in [-0.2, 0) is 27.8 Å². The minimum absolute atomic E-state index is 0.0171. The Labute approximate surface area is 212 Å². The first-order valence-corrected chi connectivity index (χ1v) is 11.3. The summed E-state index contributed by atoms with van der Waals surface area (Å²) in [7, 11) is 0. The van der Waals surface area contributed by atoms with E-state index in [9.17, 15) is 22.8 Å². The highest BCUT2D eigenvalue weighted by Crippen LogP contribution is 2.44. The van der Waals surface area contributed by atoms with Gasteiger partial charge < -0.3 is 16.0 Å². The maximum absolute atomic E-state index is 15.1. The second kappa shape index (κ2) is 9.29. The summed E-state index contributed by atoms with van der Waals surface area (Å²) >= 11 is 12.6. The maximum atomic E-state index is 15.1. The lowest BCUT2D eigenvalue weighted by molar-refractivity contribution is -0.143. The van der Waals surface area contributed by atoms with E-state index in [0.29, 0.717) is 4.68 Å². The Kier molecular flexibility index (Phi) is 6.65. The molecule has 1 aromatic heterocycles. The third kappa shape index (κ3) is 4.60. The van der Waals surface area contributed by atoms with Crippen molar-refractivity contribution in [1.82, 2.24) is 14.7 Å². The van der Waals surface area contributed by atoms with E-state index in [4.69, 9.17) is 28.9 Å². The minimum atomic E-state index is -4.80. The van der Waals surface area contributed by atoms with Gasteiger partial charge in [-0.2, -0.15) is 18.3 Å². The second-order valence-electron chi connectivity index (χ2n) is 8.34. The Morgan fingerprint density at radius 2 is 1.97 bits per heavy atom. The fraction of sp³-hybridized carbons (Fsp3) is 0.261. The van der Waals surface area contributed by atoms with Gasteiger partial charge in [-0.1, -0.05) is 29.8 Å². The molecule has 190 valence electrons. The van der Waals surface area contributed by atoms with Crippen LogP contribution in [0.25, 0.3) is 10.9 Å². The Balaban J connectivity index is 1.83. The van der Waals surface area contributed by atoms with E-state index in [1.807, 2.05) is 0 Å². The van der Waals surface area contributed by atoms with Gasteiger partial charge >= 0.3 is 6.18 Å². The smallest absolute Gasteiger partial charge is 0.373 e. The highest BCUT2D eigenvalue weighted by atomic mass is 35.5. The topological polar surface area (TPSA) is 93.3 Å². The van der Waals surface area contributed by atoms with Crippen molar-refractivity contribution in [1.29, 1.82) is 0 Å². The van der Waals surface area contributed by atoms with Crippen LogP contribution in [0.5, 0.6) is 0 Å². The molecule has 1 saturated heterocycles. The van der Waals surface area contributed by atoms with Crippen molar-refractivity contribution in [2.75, 3.05) is 18.4 Å². The molecule has 2 aromatic carbocycles. The Morgan fingerprint density at radius 1 is 1.25 bits per heavy atom. The first-order valence-electron chi connectivity index (χ1n) is 10.6. The number of hydrogen-bond acceptors (Lipinski definition) is 4. The van der Waals surface area contributed by atoms with Crippen LogP contribution >= 0.6 is 23.2 Å². The van der Waals surface area contributed by atoms with Crippen LogP contribution in [0.1, 0.15) is 17.7 Å². The van der Waals surface area contributed by atoms with Gasteiger partial charge in [0.05, 0.1) is 21.1 Å². The van der Waals surface area contributed by atoms with Crippen molar-refractivity contribution in [2.45, 2.75) is 24.7 Å². The summed E-state index contributed by atoms with van der Waals surface area (Å²) < 4.78 is 56.7. The number of likely N-dealkylation sites (tertiary alicyclic amines) is 1. The zero-order valence-corrected chi connectivity index (χ0v) is 20.0. The van der Waals surface area contributed by atoms with Crippen LogP contribution < -0.4 is 11.1 Å². The number of amides is 2. The molecule has 1 aliphatic heterocycles. The average Bonchev–Trinajstić information content (AvgIpc) is 3.37. The molecule has 2 amide bonds. The molecular formula is C23H19Cl2F4N5O2. The molecule has 3 N–H and O–H groups in total. The predicted octanol–water partition coefficient (Wildman–Crippen LogP) is 4.71. The molecule has 0 aliphatic carbocycles. The lowest BCUT2D eigenvalue weighted by atomic mass is 9.87. The Bertz CT molecular complexity index is 1390. The monoisotopic (exact) mass is 543 g/mol. The number of hydrogen-bond donors (Lipinski definition) is 2. The number of fused-ring (bicyclic) bond motifs is 1. The molecule has 0 spiro atoms. The van der Waals surface area contributed by atoms with Crippen molar-refractivity contribution in [2.24, 2.45) is 5.73 Å². The van der Waals surface area contributed by atoms with Gasteiger partial charge in [0.2, 0.25) is 11.8 Å². The largest absolute Gasteiger partial charge is 0.433 e. The molecule has 0 unspecified atom stereocenters. The number of primary amides is 1. The number of alkyl halides is 3. The average molecular weight is 544 g/mol. The molecule has 7 nitrogen and oxygen atoms in total. The van der Waals surface area contributed by atoms with E-state index >= 15 is 4.39 Å². The summed E-state index contributed by atoms with van der Waals surface area (Å²) in [4.78, 5) is 25.0. The van der Waals surface area contributed by atoms with Crippen LogP contribution in [0.15, 0.2) is 43.0 Å². The molecule has 1 aliphatic rings. The van der Waals surface area contributed by atoms with Gasteiger partial charge in [-0.25, -0.2) is 9.07 Å². The van der Waals surface area contributed by atoms with Gasteiger partial charge in [0.25, 0.3) is 0 Å². The van der Waals surface area contributed by atoms with Crippen LogP contribution in [0.4, 0.5) is 23.2 Å². The minimum Gasteiger partial charge on any atom is -0.373 e. The first-order chi connectivity index (χ1) is 16.9. The van der Waals surface area contributed by atoms with Crippen LogP contribution in [0, 0.1) is 5.82 Å². The van der Waals surface area contributed by atoms with Gasteiger partial charge in [0, 0.05) is 29.7 Å². The maximum Gasteiger partial charge on any atom is 0.433 e. The summed E-state index contributed by atoms with van der Waals surface area (Å²) in [6.45, 7) is 2.92. The molecule has 13 heteroatoms. The Morgan fingerprint density at radius 3 is 2.61 bits per heavy atom. The second-order valence-corrected chi connectivity index (χ2v) is 9.13. The molecule has 1 atom stereocenters.